The molecule has 0 N–H and O–H groups in total. The van der Waals surface area contributed by atoms with Crippen LogP contribution in [0.4, 0.5) is 5.69 Å². The number of aryl methyl sites for hydroxylation is 1. The third-order valence-corrected chi connectivity index (χ3v) is 7.09. The molecule has 0 spiro atoms. The molecule has 1 saturated heterocycles. The molecule has 1 unspecified atom stereocenters. The maximum absolute atomic E-state index is 13.7. The van der Waals surface area contributed by atoms with Crippen LogP contribution in [-0.4, -0.2) is 34.7 Å². The van der Waals surface area contributed by atoms with Crippen molar-refractivity contribution < 1.29 is 14.4 Å². The Balaban J connectivity index is 1.70. The lowest BCUT2D eigenvalue weighted by molar-refractivity contribution is -0.123. The van der Waals surface area contributed by atoms with Gasteiger partial charge in [0.25, 0.3) is 11.8 Å². The molecule has 2 fully saturated rings. The van der Waals surface area contributed by atoms with E-state index in [9.17, 15) is 14.4 Å². The van der Waals surface area contributed by atoms with Crippen LogP contribution in [-0.2, 0) is 9.59 Å². The van der Waals surface area contributed by atoms with E-state index >= 15 is 0 Å². The quantitative estimate of drug-likeness (QED) is 0.314. The molecule has 0 radical (unpaired) electrons. The van der Waals surface area contributed by atoms with Crippen LogP contribution < -0.4 is 4.90 Å². The van der Waals surface area contributed by atoms with Gasteiger partial charge in [0.1, 0.15) is 6.04 Å². The van der Waals surface area contributed by atoms with E-state index in [0.29, 0.717) is 11.3 Å². The van der Waals surface area contributed by atoms with Crippen LogP contribution in [0.2, 0.25) is 0 Å². The molecule has 31 heavy (non-hydrogen) atoms. The Morgan fingerprint density at radius 3 is 2.26 bits per heavy atom. The average Bonchev–Trinajstić information content (AvgIpc) is 2.92. The molecule has 1 aliphatic carbocycles. The highest BCUT2D eigenvalue weighted by atomic mass is 127. The van der Waals surface area contributed by atoms with E-state index in [1.807, 2.05) is 43.3 Å². The summed E-state index contributed by atoms with van der Waals surface area (Å²) in [5.41, 5.74) is 2.07. The fourth-order valence-electron chi connectivity index (χ4n) is 4.74. The first-order valence-electron chi connectivity index (χ1n) is 11.0. The van der Waals surface area contributed by atoms with Crippen LogP contribution in [0.15, 0.2) is 48.5 Å². The SMILES string of the molecule is Cc1ccccc1C(=O)N(C1CCCCCC1)C1CC(=O)N(c2ccc(I)cc2)C1=O. The van der Waals surface area contributed by atoms with Gasteiger partial charge < -0.3 is 4.90 Å². The Morgan fingerprint density at radius 1 is 0.968 bits per heavy atom. The van der Waals surface area contributed by atoms with Crippen molar-refractivity contribution in [2.75, 3.05) is 4.90 Å². The van der Waals surface area contributed by atoms with Gasteiger partial charge in [0.2, 0.25) is 5.91 Å². The van der Waals surface area contributed by atoms with Crippen LogP contribution in [0.1, 0.15) is 60.9 Å². The number of carbonyl (C=O) groups is 3. The summed E-state index contributed by atoms with van der Waals surface area (Å²) in [5.74, 6) is -0.676. The molecule has 0 bridgehead atoms. The summed E-state index contributed by atoms with van der Waals surface area (Å²) in [6.45, 7) is 1.91. The van der Waals surface area contributed by atoms with Gasteiger partial charge in [-0.3, -0.25) is 14.4 Å². The topological polar surface area (TPSA) is 57.7 Å². The van der Waals surface area contributed by atoms with Crippen molar-refractivity contribution in [1.82, 2.24) is 4.90 Å². The molecule has 2 aromatic rings. The second-order valence-corrected chi connectivity index (χ2v) is 9.68. The molecule has 162 valence electrons. The number of carbonyl (C=O) groups excluding carboxylic acids is 3. The van der Waals surface area contributed by atoms with E-state index in [4.69, 9.17) is 0 Å². The lowest BCUT2D eigenvalue weighted by atomic mass is 10.00. The van der Waals surface area contributed by atoms with E-state index in [0.717, 1.165) is 47.7 Å². The number of hydrogen-bond acceptors (Lipinski definition) is 3. The lowest BCUT2D eigenvalue weighted by Crippen LogP contribution is -2.51. The van der Waals surface area contributed by atoms with E-state index < -0.39 is 6.04 Å². The zero-order valence-electron chi connectivity index (χ0n) is 17.7. The zero-order chi connectivity index (χ0) is 22.0. The average molecular weight is 530 g/mol. The molecule has 1 aliphatic heterocycles. The molecular formula is C25H27IN2O3. The summed E-state index contributed by atoms with van der Waals surface area (Å²) in [5, 5.41) is 0. The van der Waals surface area contributed by atoms with Crippen molar-refractivity contribution in [1.29, 1.82) is 0 Å². The molecule has 1 heterocycles. The van der Waals surface area contributed by atoms with E-state index in [1.165, 1.54) is 4.90 Å². The molecule has 2 aromatic carbocycles. The molecule has 1 atom stereocenters. The van der Waals surface area contributed by atoms with Gasteiger partial charge in [-0.05, 0) is 78.3 Å². The number of anilines is 1. The standard InChI is InChI=1S/C25H27IN2O3/c1-17-8-6-7-11-21(17)24(30)27(19-9-4-2-3-5-10-19)22-16-23(29)28(25(22)31)20-14-12-18(26)13-15-20/h6-8,11-15,19,22H,2-5,9-10,16H2,1H3. The number of hydrogen-bond donors (Lipinski definition) is 0. The monoisotopic (exact) mass is 530 g/mol. The van der Waals surface area contributed by atoms with Gasteiger partial charge in [0.15, 0.2) is 0 Å². The van der Waals surface area contributed by atoms with Crippen LogP contribution in [0, 0.1) is 10.5 Å². The number of amides is 3. The summed E-state index contributed by atoms with van der Waals surface area (Å²) < 4.78 is 1.03. The van der Waals surface area contributed by atoms with Crippen molar-refractivity contribution in [3.05, 3.63) is 63.2 Å². The van der Waals surface area contributed by atoms with Crippen LogP contribution >= 0.6 is 22.6 Å². The Bertz CT molecular complexity index is 981. The first-order chi connectivity index (χ1) is 15.0. The first-order valence-corrected chi connectivity index (χ1v) is 12.1. The lowest BCUT2D eigenvalue weighted by Gasteiger charge is -2.35. The van der Waals surface area contributed by atoms with Crippen LogP contribution in [0.3, 0.4) is 0 Å². The van der Waals surface area contributed by atoms with Gasteiger partial charge >= 0.3 is 0 Å². The molecule has 3 amide bonds. The van der Waals surface area contributed by atoms with Gasteiger partial charge in [-0.1, -0.05) is 43.9 Å². The number of nitrogens with zero attached hydrogens (tertiary/aromatic N) is 2. The second kappa shape index (κ2) is 9.51. The smallest absolute Gasteiger partial charge is 0.257 e. The molecular weight excluding hydrogens is 503 g/mol. The fraction of sp³-hybridized carbons (Fsp3) is 0.400. The maximum Gasteiger partial charge on any atom is 0.257 e. The number of imide groups is 1. The summed E-state index contributed by atoms with van der Waals surface area (Å²) in [6.07, 6.45) is 6.16. The molecule has 2 aliphatic rings. The maximum atomic E-state index is 13.7. The first kappa shape index (κ1) is 22.0. The Morgan fingerprint density at radius 2 is 1.61 bits per heavy atom. The summed E-state index contributed by atoms with van der Waals surface area (Å²) in [7, 11) is 0. The van der Waals surface area contributed by atoms with E-state index in [-0.39, 0.29) is 30.2 Å². The highest BCUT2D eigenvalue weighted by Gasteiger charge is 2.46. The molecule has 4 rings (SSSR count). The normalized spacial score (nSPS) is 20.1. The molecule has 1 saturated carbocycles. The van der Waals surface area contributed by atoms with E-state index in [1.54, 1.807) is 17.0 Å². The fourth-order valence-corrected chi connectivity index (χ4v) is 5.10. The van der Waals surface area contributed by atoms with Crippen LogP contribution in [0.5, 0.6) is 0 Å². The van der Waals surface area contributed by atoms with Crippen molar-refractivity contribution in [3.8, 4) is 0 Å². The van der Waals surface area contributed by atoms with Gasteiger partial charge in [0.05, 0.1) is 12.1 Å². The van der Waals surface area contributed by atoms with Crippen molar-refractivity contribution in [3.63, 3.8) is 0 Å². The summed E-state index contributed by atoms with van der Waals surface area (Å²) in [4.78, 5) is 43.2. The predicted octanol–water partition coefficient (Wildman–Crippen LogP) is 5.10. The highest BCUT2D eigenvalue weighted by Crippen LogP contribution is 2.32. The third-order valence-electron chi connectivity index (χ3n) is 6.37. The Labute approximate surface area is 196 Å². The van der Waals surface area contributed by atoms with Gasteiger partial charge in [-0.2, -0.15) is 0 Å². The minimum Gasteiger partial charge on any atom is -0.323 e. The van der Waals surface area contributed by atoms with Crippen molar-refractivity contribution >= 4 is 46.0 Å². The molecule has 0 aromatic heterocycles. The van der Waals surface area contributed by atoms with Gasteiger partial charge in [0, 0.05) is 15.2 Å². The Hall–Kier alpha value is -2.22. The van der Waals surface area contributed by atoms with Gasteiger partial charge in [-0.25, -0.2) is 4.90 Å². The predicted molar refractivity (Wildman–Crippen MR) is 129 cm³/mol. The zero-order valence-corrected chi connectivity index (χ0v) is 19.9. The number of benzene rings is 2. The summed E-state index contributed by atoms with van der Waals surface area (Å²) >= 11 is 2.19. The van der Waals surface area contributed by atoms with Crippen molar-refractivity contribution in [2.24, 2.45) is 0 Å². The third kappa shape index (κ3) is 4.54. The largest absolute Gasteiger partial charge is 0.323 e. The summed E-state index contributed by atoms with van der Waals surface area (Å²) in [6, 6.07) is 14.1. The van der Waals surface area contributed by atoms with Crippen molar-refractivity contribution in [2.45, 2.75) is 64.0 Å². The molecule has 6 heteroatoms. The van der Waals surface area contributed by atoms with Gasteiger partial charge in [-0.15, -0.1) is 0 Å². The Kier molecular flexibility index (Phi) is 6.74. The molecule has 5 nitrogen and oxygen atoms in total. The minimum absolute atomic E-state index is 0.0203. The minimum atomic E-state index is -0.748. The number of rotatable bonds is 4. The second-order valence-electron chi connectivity index (χ2n) is 8.44. The van der Waals surface area contributed by atoms with Crippen LogP contribution in [0.25, 0.3) is 0 Å². The highest BCUT2D eigenvalue weighted by molar-refractivity contribution is 14.1. The number of halogens is 1. The van der Waals surface area contributed by atoms with E-state index in [2.05, 4.69) is 22.6 Å².